The summed E-state index contributed by atoms with van der Waals surface area (Å²) < 4.78 is 69.7. The van der Waals surface area contributed by atoms with Gasteiger partial charge in [-0.1, -0.05) is 13.0 Å². The zero-order valence-corrected chi connectivity index (χ0v) is 24.7. The van der Waals surface area contributed by atoms with Crippen molar-refractivity contribution < 1.29 is 36.9 Å². The Balaban J connectivity index is 1.38. The Morgan fingerprint density at radius 1 is 1.16 bits per heavy atom. The molecule has 0 bridgehead atoms. The number of benzene rings is 2. The number of aliphatic hydroxyl groups is 1. The van der Waals surface area contributed by atoms with Gasteiger partial charge in [-0.05, 0) is 73.8 Å². The van der Waals surface area contributed by atoms with Gasteiger partial charge in [-0.3, -0.25) is 9.78 Å². The highest BCUT2D eigenvalue weighted by Gasteiger charge is 2.57. The molecule has 2 aromatic heterocycles. The number of aromatic nitrogens is 2. The fraction of sp³-hybridized carbons (Fsp3) is 0.364. The van der Waals surface area contributed by atoms with E-state index in [2.05, 4.69) is 20.6 Å². The third-order valence-electron chi connectivity index (χ3n) is 8.47. The van der Waals surface area contributed by atoms with Crippen LogP contribution in [-0.2, 0) is 11.0 Å². The van der Waals surface area contributed by atoms with Crippen LogP contribution in [0.1, 0.15) is 41.4 Å². The van der Waals surface area contributed by atoms with Crippen molar-refractivity contribution in [3.8, 4) is 22.8 Å². The highest BCUT2D eigenvalue weighted by atomic mass is 19.4. The highest BCUT2D eigenvalue weighted by Crippen LogP contribution is 2.47. The molecule has 8 nitrogen and oxygen atoms in total. The smallest absolute Gasteiger partial charge is 0.424 e. The molecule has 1 aliphatic carbocycles. The third kappa shape index (κ3) is 5.91. The fourth-order valence-corrected chi connectivity index (χ4v) is 5.56. The number of carbonyl (C=O) groups excluding carboxylic acids is 1. The number of amides is 1. The first-order valence-corrected chi connectivity index (χ1v) is 14.6. The maximum atomic E-state index is 14.8. The number of alkyl halides is 3. The van der Waals surface area contributed by atoms with Crippen LogP contribution in [0.15, 0.2) is 60.8 Å². The molecule has 2 atom stereocenters. The molecule has 6 rings (SSSR count). The lowest BCUT2D eigenvalue weighted by Crippen LogP contribution is -2.51. The summed E-state index contributed by atoms with van der Waals surface area (Å²) in [6, 6.07) is 12.5. The molecule has 1 saturated carbocycles. The van der Waals surface area contributed by atoms with E-state index in [0.717, 1.165) is 19.4 Å². The SMILES string of the molecule is COc1cc(C(=O)NCC(O)(c2cc3c(c(-c4ccc(F)cc4)n2)OC[C@]3(C)CNCC2CC2)C(F)(F)F)cc2cccnc12. The third-order valence-corrected chi connectivity index (χ3v) is 8.47. The molecule has 1 unspecified atom stereocenters. The fourth-order valence-electron chi connectivity index (χ4n) is 5.56. The molecule has 0 radical (unpaired) electrons. The largest absolute Gasteiger partial charge is 0.494 e. The second-order valence-electron chi connectivity index (χ2n) is 12.0. The summed E-state index contributed by atoms with van der Waals surface area (Å²) in [7, 11) is 1.39. The van der Waals surface area contributed by atoms with Crippen LogP contribution in [-0.4, -0.2) is 60.5 Å². The predicted molar refractivity (Wildman–Crippen MR) is 159 cm³/mol. The Bertz CT molecular complexity index is 1750. The van der Waals surface area contributed by atoms with Crippen molar-refractivity contribution in [3.05, 3.63) is 83.4 Å². The van der Waals surface area contributed by atoms with Crippen LogP contribution in [0, 0.1) is 11.7 Å². The van der Waals surface area contributed by atoms with Crippen LogP contribution in [0.5, 0.6) is 11.5 Å². The minimum atomic E-state index is -5.24. The maximum absolute atomic E-state index is 14.8. The maximum Gasteiger partial charge on any atom is 0.424 e. The number of rotatable bonds is 10. The van der Waals surface area contributed by atoms with Gasteiger partial charge in [0.05, 0.1) is 26.0 Å². The van der Waals surface area contributed by atoms with Gasteiger partial charge in [-0.25, -0.2) is 9.37 Å². The lowest BCUT2D eigenvalue weighted by Gasteiger charge is -2.32. The van der Waals surface area contributed by atoms with E-state index in [1.807, 2.05) is 6.92 Å². The number of methoxy groups -OCH3 is 1. The summed E-state index contributed by atoms with van der Waals surface area (Å²) in [6.45, 7) is 2.01. The normalized spacial score (nSPS) is 19.1. The van der Waals surface area contributed by atoms with E-state index in [-0.39, 0.29) is 29.4 Å². The van der Waals surface area contributed by atoms with Gasteiger partial charge in [0.15, 0.2) is 0 Å². The topological polar surface area (TPSA) is 106 Å². The quantitative estimate of drug-likeness (QED) is 0.207. The van der Waals surface area contributed by atoms with Crippen molar-refractivity contribution in [3.63, 3.8) is 0 Å². The number of fused-ring (bicyclic) bond motifs is 2. The van der Waals surface area contributed by atoms with Crippen LogP contribution in [0.3, 0.4) is 0 Å². The molecule has 45 heavy (non-hydrogen) atoms. The van der Waals surface area contributed by atoms with Crippen molar-refractivity contribution >= 4 is 16.8 Å². The van der Waals surface area contributed by atoms with Crippen molar-refractivity contribution in [1.29, 1.82) is 0 Å². The number of halogens is 4. The van der Waals surface area contributed by atoms with Gasteiger partial charge in [-0.2, -0.15) is 13.2 Å². The van der Waals surface area contributed by atoms with Gasteiger partial charge in [0, 0.05) is 40.2 Å². The molecule has 1 aliphatic heterocycles. The minimum Gasteiger partial charge on any atom is -0.494 e. The van der Waals surface area contributed by atoms with Crippen LogP contribution < -0.4 is 20.1 Å². The van der Waals surface area contributed by atoms with Gasteiger partial charge in [0.1, 0.15) is 28.5 Å². The average Bonchev–Trinajstić information content (AvgIpc) is 3.79. The van der Waals surface area contributed by atoms with Crippen LogP contribution in [0.2, 0.25) is 0 Å². The monoisotopic (exact) mass is 624 g/mol. The second kappa shape index (κ2) is 11.6. The Morgan fingerprint density at radius 2 is 1.91 bits per heavy atom. The standard InChI is InChI=1S/C33H32F4N4O4/c1-31(16-38-15-19-5-6-19)18-45-29-24(31)14-26(41-28(29)20-7-9-23(34)10-8-20)32(43,33(35,36)37)17-40-30(42)22-12-21-4-3-11-39-27(21)25(13-22)44-2/h3-4,7-14,19,38,43H,5-6,15-18H2,1-2H3,(H,40,42)/t31-,32?/m0/s1. The summed E-state index contributed by atoms with van der Waals surface area (Å²) >= 11 is 0. The molecule has 0 spiro atoms. The lowest BCUT2D eigenvalue weighted by molar-refractivity contribution is -0.265. The van der Waals surface area contributed by atoms with Crippen LogP contribution in [0.4, 0.5) is 17.6 Å². The summed E-state index contributed by atoms with van der Waals surface area (Å²) in [5, 5.41) is 17.6. The number of hydrogen-bond acceptors (Lipinski definition) is 7. The van der Waals surface area contributed by atoms with Gasteiger partial charge < -0.3 is 25.2 Å². The van der Waals surface area contributed by atoms with Crippen LogP contribution in [0.25, 0.3) is 22.2 Å². The molecular formula is C33H32F4N4O4. The van der Waals surface area contributed by atoms with Gasteiger partial charge >= 0.3 is 6.18 Å². The molecule has 2 aromatic carbocycles. The number of carbonyl (C=O) groups is 1. The minimum absolute atomic E-state index is 0.0218. The number of ether oxygens (including phenoxy) is 2. The van der Waals surface area contributed by atoms with E-state index in [9.17, 15) is 27.5 Å². The van der Waals surface area contributed by atoms with Crippen molar-refractivity contribution in [1.82, 2.24) is 20.6 Å². The zero-order chi connectivity index (χ0) is 32.0. The molecule has 1 fully saturated rings. The van der Waals surface area contributed by atoms with Crippen molar-refractivity contribution in [2.75, 3.05) is 33.4 Å². The Kier molecular flexibility index (Phi) is 7.90. The molecule has 3 heterocycles. The number of hydrogen-bond donors (Lipinski definition) is 3. The molecule has 12 heteroatoms. The Morgan fingerprint density at radius 3 is 2.60 bits per heavy atom. The molecule has 2 aliphatic rings. The zero-order valence-electron chi connectivity index (χ0n) is 24.7. The van der Waals surface area contributed by atoms with E-state index < -0.39 is 41.2 Å². The van der Waals surface area contributed by atoms with Gasteiger partial charge in [0.2, 0.25) is 5.60 Å². The molecule has 236 valence electrons. The summed E-state index contributed by atoms with van der Waals surface area (Å²) in [4.78, 5) is 21.7. The molecule has 4 aromatic rings. The lowest BCUT2D eigenvalue weighted by atomic mass is 9.82. The van der Waals surface area contributed by atoms with E-state index in [4.69, 9.17) is 9.47 Å². The van der Waals surface area contributed by atoms with Gasteiger partial charge in [0.25, 0.3) is 5.91 Å². The van der Waals surface area contributed by atoms with Crippen LogP contribution >= 0.6 is 0 Å². The molecule has 0 saturated heterocycles. The molecule has 1 amide bonds. The summed E-state index contributed by atoms with van der Waals surface area (Å²) in [6.07, 6.45) is -1.43. The Labute approximate surface area is 256 Å². The molecule has 3 N–H and O–H groups in total. The van der Waals surface area contributed by atoms with E-state index in [0.29, 0.717) is 34.5 Å². The van der Waals surface area contributed by atoms with E-state index in [1.54, 1.807) is 18.3 Å². The highest BCUT2D eigenvalue weighted by molar-refractivity contribution is 5.99. The first-order chi connectivity index (χ1) is 21.4. The molecular weight excluding hydrogens is 592 g/mol. The van der Waals surface area contributed by atoms with Crippen molar-refractivity contribution in [2.24, 2.45) is 5.92 Å². The Hall–Kier alpha value is -4.29. The summed E-state index contributed by atoms with van der Waals surface area (Å²) in [5.74, 6) is -0.276. The number of nitrogens with zero attached hydrogens (tertiary/aromatic N) is 2. The van der Waals surface area contributed by atoms with E-state index >= 15 is 0 Å². The second-order valence-corrected chi connectivity index (χ2v) is 12.0. The number of nitrogens with one attached hydrogen (secondary N) is 2. The summed E-state index contributed by atoms with van der Waals surface area (Å²) in [5.41, 5.74) is -3.76. The predicted octanol–water partition coefficient (Wildman–Crippen LogP) is 5.27. The van der Waals surface area contributed by atoms with Gasteiger partial charge in [-0.15, -0.1) is 0 Å². The first-order valence-electron chi connectivity index (χ1n) is 14.6. The van der Waals surface area contributed by atoms with Crippen molar-refractivity contribution in [2.45, 2.75) is 37.0 Å². The average molecular weight is 625 g/mol. The number of pyridine rings is 2. The van der Waals surface area contributed by atoms with E-state index in [1.165, 1.54) is 49.6 Å². The first kappa shape index (κ1) is 30.7.